The summed E-state index contributed by atoms with van der Waals surface area (Å²) in [5.41, 5.74) is -2.87. The van der Waals surface area contributed by atoms with Crippen LogP contribution < -0.4 is 15.6 Å². The lowest BCUT2D eigenvalue weighted by Gasteiger charge is -2.15. The number of ether oxygens (including phenoxy) is 1. The molecule has 11 heteroatoms. The van der Waals surface area contributed by atoms with E-state index in [-0.39, 0.29) is 11.8 Å². The van der Waals surface area contributed by atoms with Gasteiger partial charge in [0.25, 0.3) is 5.91 Å². The summed E-state index contributed by atoms with van der Waals surface area (Å²) in [6.07, 6.45) is -9.06. The molecule has 134 valence electrons. The summed E-state index contributed by atoms with van der Waals surface area (Å²) in [6.45, 7) is 0. The molecule has 0 aliphatic rings. The standard InChI is InChI=1S/C14H8F6N2O3/c15-13(16,17)7-1-2-9(10(5-7)25-14(18,19)20)12(24)22-8-3-4-21-11(23)6-8/h1-6H,(H2,21,22,23,24). The number of pyridine rings is 1. The number of halogens is 6. The number of rotatable bonds is 3. The van der Waals surface area contributed by atoms with Crippen molar-refractivity contribution in [3.63, 3.8) is 0 Å². The highest BCUT2D eigenvalue weighted by molar-refractivity contribution is 6.06. The molecule has 2 N–H and O–H groups in total. The van der Waals surface area contributed by atoms with Gasteiger partial charge in [-0.15, -0.1) is 13.2 Å². The maximum atomic E-state index is 12.6. The number of aromatic amines is 1. The number of nitrogens with one attached hydrogen (secondary N) is 2. The van der Waals surface area contributed by atoms with Crippen molar-refractivity contribution in [2.24, 2.45) is 0 Å². The molecule has 25 heavy (non-hydrogen) atoms. The Labute approximate surface area is 135 Å². The first-order chi connectivity index (χ1) is 11.5. The minimum atomic E-state index is -5.30. The predicted octanol–water partition coefficient (Wildman–Crippen LogP) is 3.54. The summed E-state index contributed by atoms with van der Waals surface area (Å²) >= 11 is 0. The van der Waals surface area contributed by atoms with Crippen molar-refractivity contribution in [3.05, 3.63) is 58.0 Å². The predicted molar refractivity (Wildman–Crippen MR) is 73.1 cm³/mol. The van der Waals surface area contributed by atoms with Crippen LogP contribution in [0, 0.1) is 0 Å². The number of carbonyl (C=O) groups excluding carboxylic acids is 1. The van der Waals surface area contributed by atoms with Crippen LogP contribution in [-0.2, 0) is 6.18 Å². The molecule has 0 fully saturated rings. The average Bonchev–Trinajstić information content (AvgIpc) is 2.44. The third kappa shape index (κ3) is 4.99. The van der Waals surface area contributed by atoms with Crippen molar-refractivity contribution in [2.45, 2.75) is 12.5 Å². The van der Waals surface area contributed by atoms with Crippen LogP contribution in [0.4, 0.5) is 32.0 Å². The molecule has 1 heterocycles. The summed E-state index contributed by atoms with van der Waals surface area (Å²) in [4.78, 5) is 25.4. The van der Waals surface area contributed by atoms with E-state index in [0.717, 1.165) is 12.3 Å². The van der Waals surface area contributed by atoms with E-state index in [1.54, 1.807) is 0 Å². The summed E-state index contributed by atoms with van der Waals surface area (Å²) < 4.78 is 78.7. The minimum absolute atomic E-state index is 0.0633. The average molecular weight is 366 g/mol. The normalized spacial score (nSPS) is 11.9. The smallest absolute Gasteiger partial charge is 0.405 e. The molecule has 0 radical (unpaired) electrons. The van der Waals surface area contributed by atoms with Crippen molar-refractivity contribution in [1.82, 2.24) is 4.98 Å². The van der Waals surface area contributed by atoms with Crippen LogP contribution in [-0.4, -0.2) is 17.3 Å². The Morgan fingerprint density at radius 2 is 1.72 bits per heavy atom. The van der Waals surface area contributed by atoms with Gasteiger partial charge in [0.05, 0.1) is 11.1 Å². The molecular weight excluding hydrogens is 358 g/mol. The molecule has 0 saturated heterocycles. The fourth-order valence-electron chi connectivity index (χ4n) is 1.82. The number of alkyl halides is 6. The zero-order valence-corrected chi connectivity index (χ0v) is 12.0. The van der Waals surface area contributed by atoms with Gasteiger partial charge >= 0.3 is 12.5 Å². The molecule has 2 aromatic rings. The van der Waals surface area contributed by atoms with Gasteiger partial charge in [-0.2, -0.15) is 13.2 Å². The van der Waals surface area contributed by atoms with Crippen LogP contribution in [0.5, 0.6) is 5.75 Å². The second kappa shape index (κ2) is 6.49. The van der Waals surface area contributed by atoms with E-state index < -0.39 is 40.9 Å². The Hall–Kier alpha value is -2.98. The lowest BCUT2D eigenvalue weighted by Crippen LogP contribution is -2.22. The second-order valence-corrected chi connectivity index (χ2v) is 4.65. The molecule has 0 bridgehead atoms. The van der Waals surface area contributed by atoms with Gasteiger partial charge in [-0.25, -0.2) is 0 Å². The second-order valence-electron chi connectivity index (χ2n) is 4.65. The number of hydrogen-bond donors (Lipinski definition) is 2. The molecule has 1 amide bonds. The van der Waals surface area contributed by atoms with Crippen LogP contribution in [0.1, 0.15) is 15.9 Å². The van der Waals surface area contributed by atoms with Crippen LogP contribution >= 0.6 is 0 Å². The van der Waals surface area contributed by atoms with Crippen LogP contribution in [0.3, 0.4) is 0 Å². The molecule has 1 aromatic carbocycles. The monoisotopic (exact) mass is 366 g/mol. The molecule has 5 nitrogen and oxygen atoms in total. The lowest BCUT2D eigenvalue weighted by atomic mass is 10.1. The van der Waals surface area contributed by atoms with Gasteiger partial charge in [-0.3, -0.25) is 9.59 Å². The zero-order valence-electron chi connectivity index (χ0n) is 12.0. The van der Waals surface area contributed by atoms with Gasteiger partial charge < -0.3 is 15.0 Å². The Balaban J connectivity index is 2.41. The van der Waals surface area contributed by atoms with Gasteiger partial charge in [0.2, 0.25) is 5.56 Å². The zero-order chi connectivity index (χ0) is 18.8. The molecule has 0 aliphatic carbocycles. The van der Waals surface area contributed by atoms with Gasteiger partial charge in [0.15, 0.2) is 0 Å². The van der Waals surface area contributed by atoms with E-state index in [0.29, 0.717) is 12.1 Å². The topological polar surface area (TPSA) is 71.2 Å². The van der Waals surface area contributed by atoms with E-state index in [4.69, 9.17) is 0 Å². The Kier molecular flexibility index (Phi) is 4.77. The molecule has 0 aliphatic heterocycles. The summed E-state index contributed by atoms with van der Waals surface area (Å²) in [5, 5.41) is 2.10. The van der Waals surface area contributed by atoms with Crippen molar-refractivity contribution >= 4 is 11.6 Å². The number of hydrogen-bond acceptors (Lipinski definition) is 3. The first kappa shape index (κ1) is 18.4. The van der Waals surface area contributed by atoms with Crippen molar-refractivity contribution < 1.29 is 35.9 Å². The Bertz CT molecular complexity index is 841. The fraction of sp³-hybridized carbons (Fsp3) is 0.143. The van der Waals surface area contributed by atoms with E-state index in [9.17, 15) is 35.9 Å². The van der Waals surface area contributed by atoms with E-state index in [1.807, 2.05) is 0 Å². The summed E-state index contributed by atoms with van der Waals surface area (Å²) in [6, 6.07) is 3.22. The number of carbonyl (C=O) groups is 1. The van der Waals surface area contributed by atoms with Crippen molar-refractivity contribution in [1.29, 1.82) is 0 Å². The van der Waals surface area contributed by atoms with Crippen LogP contribution in [0.2, 0.25) is 0 Å². The summed E-state index contributed by atoms with van der Waals surface area (Å²) in [5.74, 6) is -2.50. The highest BCUT2D eigenvalue weighted by Gasteiger charge is 2.36. The fourth-order valence-corrected chi connectivity index (χ4v) is 1.82. The Morgan fingerprint density at radius 3 is 2.28 bits per heavy atom. The van der Waals surface area contributed by atoms with Crippen molar-refractivity contribution in [3.8, 4) is 5.75 Å². The number of benzene rings is 1. The highest BCUT2D eigenvalue weighted by atomic mass is 19.4. The first-order valence-electron chi connectivity index (χ1n) is 6.43. The highest BCUT2D eigenvalue weighted by Crippen LogP contribution is 2.35. The van der Waals surface area contributed by atoms with Crippen molar-refractivity contribution in [2.75, 3.05) is 5.32 Å². The summed E-state index contributed by atoms with van der Waals surface area (Å²) in [7, 11) is 0. The maximum Gasteiger partial charge on any atom is 0.573 e. The van der Waals surface area contributed by atoms with Crippen LogP contribution in [0.25, 0.3) is 0 Å². The molecule has 0 saturated carbocycles. The third-order valence-corrected chi connectivity index (χ3v) is 2.81. The van der Waals surface area contributed by atoms with Gasteiger partial charge in [0.1, 0.15) is 5.75 Å². The number of aromatic nitrogens is 1. The van der Waals surface area contributed by atoms with Gasteiger partial charge in [0, 0.05) is 18.0 Å². The Morgan fingerprint density at radius 1 is 1.04 bits per heavy atom. The largest absolute Gasteiger partial charge is 0.573 e. The lowest BCUT2D eigenvalue weighted by molar-refractivity contribution is -0.274. The SMILES string of the molecule is O=C(Nc1cc[nH]c(=O)c1)c1ccc(C(F)(F)F)cc1OC(F)(F)F. The maximum absolute atomic E-state index is 12.6. The number of H-pyrrole nitrogens is 1. The van der Waals surface area contributed by atoms with E-state index in [1.165, 1.54) is 6.07 Å². The molecule has 0 spiro atoms. The first-order valence-corrected chi connectivity index (χ1v) is 6.43. The molecule has 0 unspecified atom stereocenters. The van der Waals surface area contributed by atoms with Crippen LogP contribution in [0.15, 0.2) is 41.3 Å². The molecule has 1 aromatic heterocycles. The third-order valence-electron chi connectivity index (χ3n) is 2.81. The minimum Gasteiger partial charge on any atom is -0.405 e. The van der Waals surface area contributed by atoms with Gasteiger partial charge in [-0.1, -0.05) is 0 Å². The number of amides is 1. The van der Waals surface area contributed by atoms with E-state index >= 15 is 0 Å². The molecular formula is C14H8F6N2O3. The van der Waals surface area contributed by atoms with Gasteiger partial charge in [-0.05, 0) is 24.3 Å². The molecule has 2 rings (SSSR count). The molecule has 0 atom stereocenters. The van der Waals surface area contributed by atoms with E-state index in [2.05, 4.69) is 15.0 Å². The quantitative estimate of drug-likeness (QED) is 0.817. The number of anilines is 1.